The average molecular weight is 345 g/mol. The molecule has 128 valence electrons. The van der Waals surface area contributed by atoms with Crippen molar-refractivity contribution in [2.45, 2.75) is 13.0 Å². The molecule has 26 heavy (non-hydrogen) atoms. The van der Waals surface area contributed by atoms with E-state index in [1.807, 2.05) is 24.3 Å². The maximum absolute atomic E-state index is 12.6. The number of amides is 3. The number of aromatic nitrogens is 1. The fourth-order valence-corrected chi connectivity index (χ4v) is 3.06. The molecule has 6 heteroatoms. The number of fused-ring (bicyclic) bond motifs is 2. The summed E-state index contributed by atoms with van der Waals surface area (Å²) in [6, 6.07) is 15.0. The molecule has 2 aromatic carbocycles. The van der Waals surface area contributed by atoms with Gasteiger partial charge in [-0.25, -0.2) is 0 Å². The molecule has 3 amide bonds. The molecule has 6 nitrogen and oxygen atoms in total. The third-order valence-corrected chi connectivity index (χ3v) is 4.45. The first-order valence-corrected chi connectivity index (χ1v) is 8.19. The molecule has 2 heterocycles. The van der Waals surface area contributed by atoms with Crippen LogP contribution < -0.4 is 5.32 Å². The number of carbonyl (C=O) groups excluding carboxylic acids is 3. The predicted octanol–water partition coefficient (Wildman–Crippen LogP) is 2.86. The zero-order valence-electron chi connectivity index (χ0n) is 14.0. The van der Waals surface area contributed by atoms with Crippen LogP contribution in [0.15, 0.2) is 60.8 Å². The predicted molar refractivity (Wildman–Crippen MR) is 96.8 cm³/mol. The van der Waals surface area contributed by atoms with Crippen LogP contribution in [-0.4, -0.2) is 33.6 Å². The van der Waals surface area contributed by atoms with Crippen LogP contribution in [0, 0.1) is 0 Å². The number of nitrogens with one attached hydrogen (secondary N) is 1. The van der Waals surface area contributed by atoms with Crippen LogP contribution in [0.4, 0.5) is 5.69 Å². The maximum atomic E-state index is 12.6. The van der Waals surface area contributed by atoms with Crippen molar-refractivity contribution in [3.8, 4) is 0 Å². The van der Waals surface area contributed by atoms with Crippen LogP contribution in [0.2, 0.25) is 0 Å². The Balaban J connectivity index is 1.56. The quantitative estimate of drug-likeness (QED) is 0.740. The molecule has 3 aromatic rings. The fraction of sp³-hybridized carbons (Fsp3) is 0.100. The Morgan fingerprint density at radius 1 is 1.00 bits per heavy atom. The Kier molecular flexibility index (Phi) is 3.73. The number of anilines is 1. The highest BCUT2D eigenvalue weighted by Crippen LogP contribution is 2.25. The summed E-state index contributed by atoms with van der Waals surface area (Å²) in [6.45, 7) is 1.53. The van der Waals surface area contributed by atoms with Gasteiger partial charge in [-0.15, -0.1) is 0 Å². The van der Waals surface area contributed by atoms with E-state index in [1.54, 1.807) is 36.5 Å². The molecule has 0 aliphatic carbocycles. The van der Waals surface area contributed by atoms with Crippen molar-refractivity contribution in [2.24, 2.45) is 0 Å². The van der Waals surface area contributed by atoms with E-state index in [0.717, 1.165) is 15.8 Å². The first-order valence-electron chi connectivity index (χ1n) is 8.19. The number of imide groups is 1. The van der Waals surface area contributed by atoms with Gasteiger partial charge in [-0.3, -0.25) is 24.3 Å². The lowest BCUT2D eigenvalue weighted by Crippen LogP contribution is -2.45. The second-order valence-corrected chi connectivity index (χ2v) is 6.11. The highest BCUT2D eigenvalue weighted by molar-refractivity contribution is 6.23. The molecule has 0 saturated carbocycles. The largest absolute Gasteiger partial charge is 0.323 e. The van der Waals surface area contributed by atoms with E-state index in [1.165, 1.54) is 6.92 Å². The normalized spacial score (nSPS) is 14.4. The lowest BCUT2D eigenvalue weighted by atomic mass is 10.1. The van der Waals surface area contributed by atoms with Gasteiger partial charge in [-0.1, -0.05) is 30.3 Å². The van der Waals surface area contributed by atoms with E-state index < -0.39 is 23.8 Å². The minimum absolute atomic E-state index is 0.324. The molecule has 4 rings (SSSR count). The molecular weight excluding hydrogens is 330 g/mol. The first kappa shape index (κ1) is 16.0. The first-order chi connectivity index (χ1) is 12.6. The number of hydrogen-bond acceptors (Lipinski definition) is 4. The SMILES string of the molecule is CC(C(=O)Nc1cnc2ccccc2c1)N1C(=O)c2ccccc2C1=O. The van der Waals surface area contributed by atoms with Crippen LogP contribution >= 0.6 is 0 Å². The molecule has 1 aliphatic heterocycles. The summed E-state index contributed by atoms with van der Waals surface area (Å²) in [5.41, 5.74) is 1.98. The highest BCUT2D eigenvalue weighted by atomic mass is 16.2. The Morgan fingerprint density at radius 3 is 2.31 bits per heavy atom. The van der Waals surface area contributed by atoms with Crippen LogP contribution in [0.25, 0.3) is 10.9 Å². The van der Waals surface area contributed by atoms with Gasteiger partial charge >= 0.3 is 0 Å². The average Bonchev–Trinajstić information content (AvgIpc) is 2.92. The molecule has 0 spiro atoms. The molecule has 0 saturated heterocycles. The summed E-state index contributed by atoms with van der Waals surface area (Å²) < 4.78 is 0. The second kappa shape index (κ2) is 6.07. The summed E-state index contributed by atoms with van der Waals surface area (Å²) in [5, 5.41) is 3.62. The van der Waals surface area contributed by atoms with Crippen molar-refractivity contribution in [2.75, 3.05) is 5.32 Å². The fourth-order valence-electron chi connectivity index (χ4n) is 3.06. The maximum Gasteiger partial charge on any atom is 0.262 e. The van der Waals surface area contributed by atoms with Gasteiger partial charge < -0.3 is 5.32 Å². The van der Waals surface area contributed by atoms with E-state index in [4.69, 9.17) is 0 Å². The van der Waals surface area contributed by atoms with E-state index in [-0.39, 0.29) is 0 Å². The van der Waals surface area contributed by atoms with Gasteiger partial charge in [-0.2, -0.15) is 0 Å². The third-order valence-electron chi connectivity index (χ3n) is 4.45. The van der Waals surface area contributed by atoms with Crippen molar-refractivity contribution < 1.29 is 14.4 Å². The lowest BCUT2D eigenvalue weighted by Gasteiger charge is -2.21. The summed E-state index contributed by atoms with van der Waals surface area (Å²) in [7, 11) is 0. The standard InChI is InChI=1S/C20H15N3O3/c1-12(23-19(25)15-7-3-4-8-16(15)20(23)26)18(24)22-14-10-13-6-2-5-9-17(13)21-11-14/h2-12H,1H3,(H,22,24). The van der Waals surface area contributed by atoms with E-state index in [9.17, 15) is 14.4 Å². The third kappa shape index (κ3) is 2.52. The van der Waals surface area contributed by atoms with Gasteiger partial charge in [-0.05, 0) is 31.2 Å². The number of hydrogen-bond donors (Lipinski definition) is 1. The lowest BCUT2D eigenvalue weighted by molar-refractivity contribution is -0.119. The van der Waals surface area contributed by atoms with Crippen molar-refractivity contribution >= 4 is 34.3 Å². The van der Waals surface area contributed by atoms with E-state index in [2.05, 4.69) is 10.3 Å². The summed E-state index contributed by atoms with van der Waals surface area (Å²) in [4.78, 5) is 42.9. The van der Waals surface area contributed by atoms with E-state index >= 15 is 0 Å². The van der Waals surface area contributed by atoms with Gasteiger partial charge in [0.2, 0.25) is 5.91 Å². The molecule has 1 aliphatic rings. The Hall–Kier alpha value is -3.54. The molecule has 1 N–H and O–H groups in total. The monoisotopic (exact) mass is 345 g/mol. The highest BCUT2D eigenvalue weighted by Gasteiger charge is 2.40. The molecule has 1 aromatic heterocycles. The number of nitrogens with zero attached hydrogens (tertiary/aromatic N) is 2. The van der Waals surface area contributed by atoms with Gasteiger partial charge in [0.15, 0.2) is 0 Å². The topological polar surface area (TPSA) is 79.4 Å². The Morgan fingerprint density at radius 2 is 1.62 bits per heavy atom. The molecule has 1 atom stereocenters. The van der Waals surface area contributed by atoms with Crippen molar-refractivity contribution in [3.05, 3.63) is 71.9 Å². The van der Waals surface area contributed by atoms with Crippen LogP contribution in [0.3, 0.4) is 0 Å². The molecule has 1 unspecified atom stereocenters. The number of rotatable bonds is 3. The molecular formula is C20H15N3O3. The molecule has 0 radical (unpaired) electrons. The number of para-hydroxylation sites is 1. The summed E-state index contributed by atoms with van der Waals surface area (Å²) >= 11 is 0. The summed E-state index contributed by atoms with van der Waals surface area (Å²) in [5.74, 6) is -1.36. The Bertz CT molecular complexity index is 1030. The minimum atomic E-state index is -0.936. The molecule has 0 fully saturated rings. The zero-order valence-corrected chi connectivity index (χ0v) is 14.0. The van der Waals surface area contributed by atoms with Crippen molar-refractivity contribution in [3.63, 3.8) is 0 Å². The number of benzene rings is 2. The van der Waals surface area contributed by atoms with Crippen molar-refractivity contribution in [1.82, 2.24) is 9.88 Å². The van der Waals surface area contributed by atoms with Crippen molar-refractivity contribution in [1.29, 1.82) is 0 Å². The second-order valence-electron chi connectivity index (χ2n) is 6.11. The molecule has 0 bridgehead atoms. The van der Waals surface area contributed by atoms with Gasteiger partial charge in [0.25, 0.3) is 11.8 Å². The summed E-state index contributed by atoms with van der Waals surface area (Å²) in [6.07, 6.45) is 1.55. The number of carbonyl (C=O) groups is 3. The Labute approximate surface area is 149 Å². The van der Waals surface area contributed by atoms with Gasteiger partial charge in [0.1, 0.15) is 6.04 Å². The van der Waals surface area contributed by atoms with Gasteiger partial charge in [0.05, 0.1) is 28.5 Å². The van der Waals surface area contributed by atoms with Crippen LogP contribution in [0.5, 0.6) is 0 Å². The van der Waals surface area contributed by atoms with Crippen LogP contribution in [0.1, 0.15) is 27.6 Å². The minimum Gasteiger partial charge on any atom is -0.323 e. The smallest absolute Gasteiger partial charge is 0.262 e. The number of pyridine rings is 1. The zero-order chi connectivity index (χ0) is 18.3. The van der Waals surface area contributed by atoms with Crippen LogP contribution in [-0.2, 0) is 4.79 Å². The van der Waals surface area contributed by atoms with E-state index in [0.29, 0.717) is 16.8 Å². The van der Waals surface area contributed by atoms with Gasteiger partial charge in [0, 0.05) is 5.39 Å².